The Hall–Kier alpha value is -1.40. The lowest BCUT2D eigenvalue weighted by molar-refractivity contribution is -0.0790. The standard InChI is InChI=1S/C14H24N4O2/c1-5-19-13-10(2)12(16-9-17-13)18-7-11(6-15)20-14(3,4)8-18/h9,11H,5-8,15H2,1-4H3. The van der Waals surface area contributed by atoms with E-state index in [9.17, 15) is 0 Å². The molecule has 0 spiro atoms. The Bertz CT molecular complexity index is 464. The molecule has 6 nitrogen and oxygen atoms in total. The minimum Gasteiger partial charge on any atom is -0.478 e. The zero-order valence-corrected chi connectivity index (χ0v) is 12.7. The SMILES string of the molecule is CCOc1ncnc(N2CC(CN)OC(C)(C)C2)c1C. The van der Waals surface area contributed by atoms with Crippen LogP contribution in [-0.2, 0) is 4.74 Å². The maximum atomic E-state index is 5.95. The number of hydrogen-bond acceptors (Lipinski definition) is 6. The lowest BCUT2D eigenvalue weighted by atomic mass is 10.0. The van der Waals surface area contributed by atoms with Crippen molar-refractivity contribution in [3.63, 3.8) is 0 Å². The van der Waals surface area contributed by atoms with E-state index in [1.165, 1.54) is 0 Å². The summed E-state index contributed by atoms with van der Waals surface area (Å²) < 4.78 is 11.5. The second kappa shape index (κ2) is 5.93. The third kappa shape index (κ3) is 3.19. The Labute approximate surface area is 120 Å². The summed E-state index contributed by atoms with van der Waals surface area (Å²) in [5.74, 6) is 1.55. The minimum absolute atomic E-state index is 0.0173. The molecular formula is C14H24N4O2. The van der Waals surface area contributed by atoms with Crippen LogP contribution >= 0.6 is 0 Å². The van der Waals surface area contributed by atoms with Gasteiger partial charge in [0.15, 0.2) is 0 Å². The van der Waals surface area contributed by atoms with Gasteiger partial charge in [-0.05, 0) is 27.7 Å². The maximum Gasteiger partial charge on any atom is 0.221 e. The number of rotatable bonds is 4. The zero-order valence-electron chi connectivity index (χ0n) is 12.7. The van der Waals surface area contributed by atoms with Crippen molar-refractivity contribution in [2.24, 2.45) is 5.73 Å². The van der Waals surface area contributed by atoms with E-state index in [0.717, 1.165) is 24.5 Å². The van der Waals surface area contributed by atoms with Crippen LogP contribution in [0.5, 0.6) is 5.88 Å². The Morgan fingerprint density at radius 1 is 1.50 bits per heavy atom. The first-order valence-corrected chi connectivity index (χ1v) is 7.04. The molecule has 0 bridgehead atoms. The van der Waals surface area contributed by atoms with Gasteiger partial charge in [0, 0.05) is 19.6 Å². The highest BCUT2D eigenvalue weighted by Crippen LogP contribution is 2.29. The van der Waals surface area contributed by atoms with E-state index in [4.69, 9.17) is 15.2 Å². The van der Waals surface area contributed by atoms with E-state index < -0.39 is 0 Å². The predicted molar refractivity (Wildman–Crippen MR) is 78.2 cm³/mol. The van der Waals surface area contributed by atoms with Gasteiger partial charge >= 0.3 is 0 Å². The van der Waals surface area contributed by atoms with Crippen molar-refractivity contribution in [2.45, 2.75) is 39.4 Å². The average Bonchev–Trinajstić information content (AvgIpc) is 2.39. The second-order valence-corrected chi connectivity index (χ2v) is 5.68. The van der Waals surface area contributed by atoms with Crippen molar-refractivity contribution in [3.05, 3.63) is 11.9 Å². The maximum absolute atomic E-state index is 5.95. The molecule has 1 saturated heterocycles. The van der Waals surface area contributed by atoms with Gasteiger partial charge in [-0.3, -0.25) is 0 Å². The van der Waals surface area contributed by atoms with Gasteiger partial charge in [-0.1, -0.05) is 0 Å². The number of nitrogens with zero attached hydrogens (tertiary/aromatic N) is 3. The normalized spacial score (nSPS) is 21.9. The number of anilines is 1. The monoisotopic (exact) mass is 280 g/mol. The fourth-order valence-corrected chi connectivity index (χ4v) is 2.61. The number of morpholine rings is 1. The summed E-state index contributed by atoms with van der Waals surface area (Å²) in [6.07, 6.45) is 1.57. The smallest absolute Gasteiger partial charge is 0.221 e. The van der Waals surface area contributed by atoms with E-state index >= 15 is 0 Å². The van der Waals surface area contributed by atoms with Crippen LogP contribution in [0.2, 0.25) is 0 Å². The van der Waals surface area contributed by atoms with E-state index in [2.05, 4.69) is 28.7 Å². The van der Waals surface area contributed by atoms with Crippen LogP contribution in [0.15, 0.2) is 6.33 Å². The Kier molecular flexibility index (Phi) is 4.45. The van der Waals surface area contributed by atoms with E-state index in [0.29, 0.717) is 19.0 Å². The summed E-state index contributed by atoms with van der Waals surface area (Å²) in [5, 5.41) is 0. The molecule has 112 valence electrons. The molecule has 1 fully saturated rings. The van der Waals surface area contributed by atoms with Gasteiger partial charge in [0.1, 0.15) is 12.1 Å². The van der Waals surface area contributed by atoms with Gasteiger partial charge in [0.05, 0.1) is 23.9 Å². The summed E-state index contributed by atoms with van der Waals surface area (Å²) in [5.41, 5.74) is 6.49. The van der Waals surface area contributed by atoms with Gasteiger partial charge in [0.25, 0.3) is 0 Å². The van der Waals surface area contributed by atoms with E-state index in [1.54, 1.807) is 6.33 Å². The van der Waals surface area contributed by atoms with Gasteiger partial charge in [-0.25, -0.2) is 9.97 Å². The zero-order chi connectivity index (χ0) is 14.8. The van der Waals surface area contributed by atoms with Crippen LogP contribution < -0.4 is 15.4 Å². The molecule has 0 amide bonds. The topological polar surface area (TPSA) is 73.5 Å². The predicted octanol–water partition coefficient (Wildman–Crippen LogP) is 1.13. The lowest BCUT2D eigenvalue weighted by Gasteiger charge is -2.43. The van der Waals surface area contributed by atoms with Gasteiger partial charge < -0.3 is 20.1 Å². The number of aromatic nitrogens is 2. The molecule has 0 aromatic carbocycles. The number of hydrogen-bond donors (Lipinski definition) is 1. The molecule has 2 heterocycles. The highest BCUT2D eigenvalue weighted by molar-refractivity contribution is 5.51. The van der Waals surface area contributed by atoms with Crippen LogP contribution in [0.4, 0.5) is 5.82 Å². The second-order valence-electron chi connectivity index (χ2n) is 5.68. The quantitative estimate of drug-likeness (QED) is 0.891. The molecule has 6 heteroatoms. The largest absolute Gasteiger partial charge is 0.478 e. The molecule has 1 atom stereocenters. The third-order valence-electron chi connectivity index (χ3n) is 3.34. The van der Waals surface area contributed by atoms with Gasteiger partial charge in [-0.15, -0.1) is 0 Å². The van der Waals surface area contributed by atoms with Crippen LogP contribution in [0.1, 0.15) is 26.3 Å². The van der Waals surface area contributed by atoms with Crippen molar-refractivity contribution in [1.29, 1.82) is 0 Å². The molecule has 0 aliphatic carbocycles. The van der Waals surface area contributed by atoms with Crippen LogP contribution in [0.25, 0.3) is 0 Å². The van der Waals surface area contributed by atoms with Crippen LogP contribution in [-0.4, -0.2) is 47.9 Å². The molecule has 1 unspecified atom stereocenters. The van der Waals surface area contributed by atoms with Crippen molar-refractivity contribution in [1.82, 2.24) is 9.97 Å². The Balaban J connectivity index is 2.28. The highest BCUT2D eigenvalue weighted by Gasteiger charge is 2.34. The first kappa shape index (κ1) is 15.0. The molecule has 2 rings (SSSR count). The summed E-state index contributed by atoms with van der Waals surface area (Å²) in [6.45, 7) is 10.7. The Morgan fingerprint density at radius 3 is 2.90 bits per heavy atom. The summed E-state index contributed by atoms with van der Waals surface area (Å²) in [4.78, 5) is 10.8. The van der Waals surface area contributed by atoms with Crippen molar-refractivity contribution < 1.29 is 9.47 Å². The van der Waals surface area contributed by atoms with Gasteiger partial charge in [-0.2, -0.15) is 0 Å². The van der Waals surface area contributed by atoms with E-state index in [-0.39, 0.29) is 11.7 Å². The summed E-state index contributed by atoms with van der Waals surface area (Å²) >= 11 is 0. The first-order valence-electron chi connectivity index (χ1n) is 7.04. The molecule has 1 aliphatic rings. The molecule has 1 aromatic heterocycles. The minimum atomic E-state index is -0.245. The molecule has 1 aromatic rings. The fourth-order valence-electron chi connectivity index (χ4n) is 2.61. The summed E-state index contributed by atoms with van der Waals surface area (Å²) in [7, 11) is 0. The number of nitrogens with two attached hydrogens (primary N) is 1. The average molecular weight is 280 g/mol. The fraction of sp³-hybridized carbons (Fsp3) is 0.714. The van der Waals surface area contributed by atoms with Crippen molar-refractivity contribution >= 4 is 5.82 Å². The highest BCUT2D eigenvalue weighted by atomic mass is 16.5. The lowest BCUT2D eigenvalue weighted by Crippen LogP contribution is -2.55. The molecule has 20 heavy (non-hydrogen) atoms. The summed E-state index contributed by atoms with van der Waals surface area (Å²) in [6, 6.07) is 0. The van der Waals surface area contributed by atoms with Crippen molar-refractivity contribution in [2.75, 3.05) is 31.1 Å². The van der Waals surface area contributed by atoms with Crippen molar-refractivity contribution in [3.8, 4) is 5.88 Å². The van der Waals surface area contributed by atoms with Gasteiger partial charge in [0.2, 0.25) is 5.88 Å². The number of ether oxygens (including phenoxy) is 2. The first-order chi connectivity index (χ1) is 9.46. The third-order valence-corrected chi connectivity index (χ3v) is 3.34. The van der Waals surface area contributed by atoms with E-state index in [1.807, 2.05) is 13.8 Å². The van der Waals surface area contributed by atoms with Crippen LogP contribution in [0.3, 0.4) is 0 Å². The molecule has 0 saturated carbocycles. The molecular weight excluding hydrogens is 256 g/mol. The van der Waals surface area contributed by atoms with Crippen LogP contribution in [0, 0.1) is 6.92 Å². The Morgan fingerprint density at radius 2 is 2.25 bits per heavy atom. The molecule has 2 N–H and O–H groups in total. The molecule has 1 aliphatic heterocycles. The molecule has 0 radical (unpaired) electrons.